The van der Waals surface area contributed by atoms with E-state index in [9.17, 15) is 13.2 Å². The van der Waals surface area contributed by atoms with Crippen LogP contribution in [0.2, 0.25) is 5.02 Å². The molecule has 2 aromatic heterocycles. The van der Waals surface area contributed by atoms with Gasteiger partial charge in [0.05, 0.1) is 42.9 Å². The van der Waals surface area contributed by atoms with Gasteiger partial charge in [0.15, 0.2) is 0 Å². The molecule has 0 saturated carbocycles. The molecule has 31 heavy (non-hydrogen) atoms. The number of nitrogens with zero attached hydrogens (tertiary/aromatic N) is 4. The van der Waals surface area contributed by atoms with E-state index in [0.29, 0.717) is 29.4 Å². The molecule has 2 aliphatic heterocycles. The summed E-state index contributed by atoms with van der Waals surface area (Å²) in [5, 5.41) is 7.67. The van der Waals surface area contributed by atoms with Gasteiger partial charge in [-0.25, -0.2) is 14.8 Å². The first-order valence-corrected chi connectivity index (χ1v) is 9.71. The smallest absolute Gasteiger partial charge is 0.490 e. The number of aliphatic carboxylic acids is 1. The molecule has 2 saturated heterocycles. The third-order valence-corrected chi connectivity index (χ3v) is 5.11. The lowest BCUT2D eigenvalue weighted by Crippen LogP contribution is -2.27. The van der Waals surface area contributed by atoms with Gasteiger partial charge in [-0.15, -0.1) is 0 Å². The van der Waals surface area contributed by atoms with Crippen molar-refractivity contribution in [2.45, 2.75) is 19.2 Å². The van der Waals surface area contributed by atoms with E-state index in [-0.39, 0.29) is 6.10 Å². The van der Waals surface area contributed by atoms with Crippen LogP contribution in [0.15, 0.2) is 30.7 Å². The van der Waals surface area contributed by atoms with Crippen molar-refractivity contribution in [3.05, 3.63) is 41.4 Å². The number of aryl methyl sites for hydroxylation is 1. The Morgan fingerprint density at radius 1 is 1.26 bits per heavy atom. The summed E-state index contributed by atoms with van der Waals surface area (Å²) in [4.78, 5) is 23.9. The highest BCUT2D eigenvalue weighted by atomic mass is 35.5. The maximum Gasteiger partial charge on any atom is 0.490 e. The number of aromatic nitrogens is 3. The largest absolute Gasteiger partial charge is 0.492 e. The second-order valence-corrected chi connectivity index (χ2v) is 7.59. The van der Waals surface area contributed by atoms with Crippen LogP contribution in [0, 0.1) is 18.8 Å². The molecule has 2 aromatic rings. The topological polar surface area (TPSA) is 97.7 Å². The Bertz CT molecular complexity index is 883. The average molecular weight is 461 g/mol. The molecule has 1 N–H and O–H groups in total. The highest BCUT2D eigenvalue weighted by Crippen LogP contribution is 2.35. The zero-order chi connectivity index (χ0) is 22.6. The van der Waals surface area contributed by atoms with Crippen LogP contribution >= 0.6 is 11.6 Å². The number of halogens is 4. The standard InChI is InChI=1S/C17H19ClN4O2.C2HF3O2/c1-11-2-3-14(6-19-11)23-9-12-10-24-16-8-22(7-15(12)16)17-20-4-13(18)5-21-17;3-2(4,5)1(6)7/h2-6,12,15-16H,7-10H2,1H3;(H,6,7)/t12-,15+,16+;/m0./s1. The first kappa shape index (κ1) is 23.0. The number of rotatable bonds is 4. The minimum atomic E-state index is -5.08. The van der Waals surface area contributed by atoms with Gasteiger partial charge in [0.25, 0.3) is 0 Å². The zero-order valence-electron chi connectivity index (χ0n) is 16.4. The number of hydrogen-bond donors (Lipinski definition) is 1. The van der Waals surface area contributed by atoms with E-state index in [4.69, 9.17) is 31.0 Å². The molecule has 2 fully saturated rings. The van der Waals surface area contributed by atoms with Gasteiger partial charge in [-0.2, -0.15) is 13.2 Å². The number of pyridine rings is 1. The predicted molar refractivity (Wildman–Crippen MR) is 104 cm³/mol. The molecule has 0 bridgehead atoms. The van der Waals surface area contributed by atoms with E-state index in [2.05, 4.69) is 19.9 Å². The summed E-state index contributed by atoms with van der Waals surface area (Å²) in [7, 11) is 0. The maximum absolute atomic E-state index is 10.6. The van der Waals surface area contributed by atoms with Crippen molar-refractivity contribution in [3.63, 3.8) is 0 Å². The Balaban J connectivity index is 0.000000339. The molecular weight excluding hydrogens is 441 g/mol. The summed E-state index contributed by atoms with van der Waals surface area (Å²) in [6.45, 7) is 5.04. The highest BCUT2D eigenvalue weighted by Gasteiger charge is 2.44. The zero-order valence-corrected chi connectivity index (χ0v) is 17.2. The molecule has 4 rings (SSSR count). The van der Waals surface area contributed by atoms with Gasteiger partial charge in [-0.05, 0) is 19.1 Å². The first-order valence-electron chi connectivity index (χ1n) is 9.33. The van der Waals surface area contributed by atoms with Gasteiger partial charge in [-0.3, -0.25) is 4.98 Å². The lowest BCUT2D eigenvalue weighted by Gasteiger charge is -2.20. The van der Waals surface area contributed by atoms with Crippen LogP contribution in [0.25, 0.3) is 0 Å². The molecular formula is C19H20ClF3N4O4. The van der Waals surface area contributed by atoms with Crippen molar-refractivity contribution in [1.29, 1.82) is 0 Å². The number of carboxylic acid groups (broad SMARTS) is 1. The Labute approximate surface area is 181 Å². The van der Waals surface area contributed by atoms with Gasteiger partial charge in [-0.1, -0.05) is 11.6 Å². The normalized spacial score (nSPS) is 22.5. The fourth-order valence-electron chi connectivity index (χ4n) is 3.35. The number of anilines is 1. The van der Waals surface area contributed by atoms with Crippen LogP contribution < -0.4 is 9.64 Å². The maximum atomic E-state index is 10.6. The predicted octanol–water partition coefficient (Wildman–Crippen LogP) is 3.00. The third-order valence-electron chi connectivity index (χ3n) is 4.92. The first-order chi connectivity index (χ1) is 14.6. The molecule has 4 heterocycles. The van der Waals surface area contributed by atoms with E-state index in [1.807, 2.05) is 19.1 Å². The molecule has 8 nitrogen and oxygen atoms in total. The second kappa shape index (κ2) is 9.65. The van der Waals surface area contributed by atoms with Crippen LogP contribution in [0.1, 0.15) is 5.69 Å². The second-order valence-electron chi connectivity index (χ2n) is 7.15. The van der Waals surface area contributed by atoms with Crippen molar-refractivity contribution < 1.29 is 32.5 Å². The fraction of sp³-hybridized carbons (Fsp3) is 0.474. The summed E-state index contributed by atoms with van der Waals surface area (Å²) >= 11 is 5.86. The Kier molecular flexibility index (Phi) is 7.16. The fourth-order valence-corrected chi connectivity index (χ4v) is 3.44. The summed E-state index contributed by atoms with van der Waals surface area (Å²) in [6, 6.07) is 3.91. The molecule has 0 aromatic carbocycles. The van der Waals surface area contributed by atoms with Crippen LogP contribution in [0.3, 0.4) is 0 Å². The molecule has 0 spiro atoms. The molecule has 12 heteroatoms. The van der Waals surface area contributed by atoms with E-state index >= 15 is 0 Å². The summed E-state index contributed by atoms with van der Waals surface area (Å²) in [5.41, 5.74) is 0.987. The Morgan fingerprint density at radius 3 is 2.52 bits per heavy atom. The Hall–Kier alpha value is -2.66. The molecule has 0 amide bonds. The van der Waals surface area contributed by atoms with E-state index < -0.39 is 12.1 Å². The molecule has 0 aliphatic carbocycles. The lowest BCUT2D eigenvalue weighted by molar-refractivity contribution is -0.192. The quantitative estimate of drug-likeness (QED) is 0.743. The van der Waals surface area contributed by atoms with Crippen LogP contribution in [-0.2, 0) is 9.53 Å². The summed E-state index contributed by atoms with van der Waals surface area (Å²) in [6.07, 6.45) is 0.160. The molecule has 0 unspecified atom stereocenters. The molecule has 2 aliphatic rings. The molecule has 168 valence electrons. The van der Waals surface area contributed by atoms with E-state index in [0.717, 1.165) is 31.1 Å². The minimum Gasteiger partial charge on any atom is -0.492 e. The summed E-state index contributed by atoms with van der Waals surface area (Å²) < 4.78 is 43.6. The third kappa shape index (κ3) is 6.17. The van der Waals surface area contributed by atoms with Crippen LogP contribution in [-0.4, -0.2) is 64.6 Å². The number of ether oxygens (including phenoxy) is 2. The van der Waals surface area contributed by atoms with Crippen LogP contribution in [0.5, 0.6) is 5.75 Å². The van der Waals surface area contributed by atoms with Crippen molar-refractivity contribution in [1.82, 2.24) is 15.0 Å². The highest BCUT2D eigenvalue weighted by molar-refractivity contribution is 6.30. The summed E-state index contributed by atoms with van der Waals surface area (Å²) in [5.74, 6) is -0.441. The van der Waals surface area contributed by atoms with Crippen molar-refractivity contribution in [2.75, 3.05) is 31.2 Å². The monoisotopic (exact) mass is 460 g/mol. The number of carbonyl (C=O) groups is 1. The van der Waals surface area contributed by atoms with Crippen molar-refractivity contribution >= 4 is 23.5 Å². The molecule has 3 atom stereocenters. The van der Waals surface area contributed by atoms with Crippen molar-refractivity contribution in [3.8, 4) is 5.75 Å². The average Bonchev–Trinajstić information content (AvgIpc) is 3.29. The van der Waals surface area contributed by atoms with E-state index in [1.165, 1.54) is 0 Å². The lowest BCUT2D eigenvalue weighted by atomic mass is 9.94. The number of hydrogen-bond acceptors (Lipinski definition) is 7. The number of carboxylic acids is 1. The molecule has 0 radical (unpaired) electrons. The number of fused-ring (bicyclic) bond motifs is 1. The Morgan fingerprint density at radius 2 is 1.94 bits per heavy atom. The SMILES string of the molecule is Cc1ccc(OC[C@H]2CO[C@@H]3CN(c4ncc(Cl)cn4)C[C@H]23)cn1.O=C(O)C(F)(F)F. The minimum absolute atomic E-state index is 0.217. The number of alkyl halides is 3. The van der Waals surface area contributed by atoms with Crippen molar-refractivity contribution in [2.24, 2.45) is 11.8 Å². The van der Waals surface area contributed by atoms with Gasteiger partial charge in [0.1, 0.15) is 5.75 Å². The van der Waals surface area contributed by atoms with E-state index in [1.54, 1.807) is 18.6 Å². The van der Waals surface area contributed by atoms with Crippen LogP contribution in [0.4, 0.5) is 19.1 Å². The van der Waals surface area contributed by atoms with Gasteiger partial charge in [0.2, 0.25) is 5.95 Å². The van der Waals surface area contributed by atoms with Gasteiger partial charge in [0, 0.05) is 30.6 Å². The van der Waals surface area contributed by atoms with Gasteiger partial charge >= 0.3 is 12.1 Å². The van der Waals surface area contributed by atoms with Gasteiger partial charge < -0.3 is 19.5 Å².